The number of thiophene rings is 1. The lowest BCUT2D eigenvalue weighted by molar-refractivity contribution is 1.18. The molecule has 0 amide bonds. The van der Waals surface area contributed by atoms with Gasteiger partial charge in [-0.15, -0.1) is 11.3 Å². The Kier molecular flexibility index (Phi) is 8.45. The van der Waals surface area contributed by atoms with E-state index in [2.05, 4.69) is 252 Å². The van der Waals surface area contributed by atoms with Crippen molar-refractivity contribution in [2.45, 2.75) is 0 Å². The van der Waals surface area contributed by atoms with Crippen LogP contribution >= 0.6 is 11.3 Å². The van der Waals surface area contributed by atoms with Crippen LogP contribution in [0.1, 0.15) is 0 Å². The zero-order valence-electron chi connectivity index (χ0n) is 34.9. The van der Waals surface area contributed by atoms with Crippen LogP contribution in [0.3, 0.4) is 0 Å². The minimum Gasteiger partial charge on any atom is -0.309 e. The van der Waals surface area contributed by atoms with Gasteiger partial charge in [-0.3, -0.25) is 0 Å². The lowest BCUT2D eigenvalue weighted by Crippen LogP contribution is -2.74. The highest BCUT2D eigenvalue weighted by Crippen LogP contribution is 2.44. The maximum Gasteiger partial charge on any atom is 0.179 e. The SMILES string of the molecule is c1ccc([Si](c2ccccc2)(c2ccccc2)c2cccc(-n3c4ccccc4c4cc(-c5cccc6c7ccccc7n(-c7cccc8sc9ccccc9c78)c56)ccc43)c2)cc1. The first-order valence-electron chi connectivity index (χ1n) is 22.0. The molecule has 64 heavy (non-hydrogen) atoms. The molecule has 0 aliphatic carbocycles. The maximum absolute atomic E-state index is 2.75. The molecular weight excluding hydrogens is 809 g/mol. The van der Waals surface area contributed by atoms with Gasteiger partial charge in [-0.25, -0.2) is 0 Å². The number of rotatable bonds is 7. The molecule has 0 atom stereocenters. The third-order valence-electron chi connectivity index (χ3n) is 13.5. The van der Waals surface area contributed by atoms with Crippen molar-refractivity contribution in [2.24, 2.45) is 0 Å². The summed E-state index contributed by atoms with van der Waals surface area (Å²) >= 11 is 1.87. The van der Waals surface area contributed by atoms with Crippen LogP contribution < -0.4 is 20.7 Å². The van der Waals surface area contributed by atoms with E-state index in [1.807, 2.05) is 11.3 Å². The molecule has 2 nitrogen and oxygen atoms in total. The molecule has 10 aromatic carbocycles. The molecule has 0 saturated carbocycles. The fraction of sp³-hybridized carbons (Fsp3) is 0. The van der Waals surface area contributed by atoms with Gasteiger partial charge >= 0.3 is 0 Å². The minimum absolute atomic E-state index is 1.16. The van der Waals surface area contributed by atoms with E-state index >= 15 is 0 Å². The molecule has 0 spiro atoms. The molecule has 0 aliphatic rings. The molecule has 0 N–H and O–H groups in total. The van der Waals surface area contributed by atoms with E-state index in [0.29, 0.717) is 0 Å². The Morgan fingerprint density at radius 1 is 0.328 bits per heavy atom. The summed E-state index contributed by atoms with van der Waals surface area (Å²) in [5.74, 6) is 0. The molecule has 3 aromatic heterocycles. The van der Waals surface area contributed by atoms with E-state index in [1.165, 1.54) is 101 Å². The van der Waals surface area contributed by atoms with Crippen molar-refractivity contribution in [3.8, 4) is 22.5 Å². The van der Waals surface area contributed by atoms with Gasteiger partial charge in [0.25, 0.3) is 0 Å². The smallest absolute Gasteiger partial charge is 0.179 e. The van der Waals surface area contributed by atoms with Crippen LogP contribution in [0.25, 0.3) is 86.3 Å². The topological polar surface area (TPSA) is 9.86 Å². The van der Waals surface area contributed by atoms with Crippen LogP contribution in [0.4, 0.5) is 0 Å². The fourth-order valence-electron chi connectivity index (χ4n) is 10.8. The Morgan fingerprint density at radius 2 is 0.844 bits per heavy atom. The summed E-state index contributed by atoms with van der Waals surface area (Å²) in [6.07, 6.45) is 0. The van der Waals surface area contributed by atoms with Crippen LogP contribution in [0, 0.1) is 0 Å². The Morgan fingerprint density at radius 3 is 1.55 bits per heavy atom. The number of benzene rings is 10. The van der Waals surface area contributed by atoms with E-state index in [0.717, 1.165) is 5.69 Å². The van der Waals surface area contributed by atoms with E-state index in [4.69, 9.17) is 0 Å². The number of aromatic nitrogens is 2. The molecule has 4 heteroatoms. The molecule has 0 fully saturated rings. The Hall–Kier alpha value is -7.76. The first kappa shape index (κ1) is 36.9. The number of hydrogen-bond acceptors (Lipinski definition) is 1. The van der Waals surface area contributed by atoms with Crippen LogP contribution in [0.2, 0.25) is 0 Å². The second kappa shape index (κ2) is 14.7. The molecular formula is C60H40N2SSi. The van der Waals surface area contributed by atoms with Crippen molar-refractivity contribution in [1.82, 2.24) is 9.13 Å². The summed E-state index contributed by atoms with van der Waals surface area (Å²) in [4.78, 5) is 0. The van der Waals surface area contributed by atoms with Crippen LogP contribution in [0.5, 0.6) is 0 Å². The summed E-state index contributed by atoms with van der Waals surface area (Å²) in [5, 5.41) is 13.1. The second-order valence-electron chi connectivity index (χ2n) is 16.8. The van der Waals surface area contributed by atoms with E-state index < -0.39 is 8.07 Å². The fourth-order valence-corrected chi connectivity index (χ4v) is 16.7. The average molecular weight is 849 g/mol. The van der Waals surface area contributed by atoms with Crippen LogP contribution in [0.15, 0.2) is 243 Å². The van der Waals surface area contributed by atoms with Crippen LogP contribution in [-0.2, 0) is 0 Å². The Balaban J connectivity index is 1.05. The van der Waals surface area contributed by atoms with Crippen LogP contribution in [-0.4, -0.2) is 17.2 Å². The summed E-state index contributed by atoms with van der Waals surface area (Å²) < 4.78 is 7.63. The van der Waals surface area contributed by atoms with Gasteiger partial charge < -0.3 is 9.13 Å². The minimum atomic E-state index is -2.75. The van der Waals surface area contributed by atoms with Gasteiger partial charge in [-0.1, -0.05) is 188 Å². The number of para-hydroxylation sites is 3. The Labute approximate surface area is 376 Å². The molecule has 13 rings (SSSR count). The quantitative estimate of drug-likeness (QED) is 0.112. The van der Waals surface area contributed by atoms with Crippen molar-refractivity contribution in [2.75, 3.05) is 0 Å². The van der Waals surface area contributed by atoms with Gasteiger partial charge in [0.1, 0.15) is 0 Å². The van der Waals surface area contributed by atoms with E-state index in [-0.39, 0.29) is 0 Å². The standard InChI is InChI=1S/C60H40N2SSi/c1-4-20-43(21-5-1)64(44-22-6-2-7-23-44,45-24-8-3-9-25-45)46-26-16-19-42(40-46)61-53-32-13-11-28-49(53)52-39-41(37-38-55(52)61)47-30-17-31-50-48-27-10-14-33-54(48)62(60(47)50)56-34-18-36-58-59(56)51-29-12-15-35-57(51)63-58/h1-40H. The number of hydrogen-bond donors (Lipinski definition) is 0. The van der Waals surface area contributed by atoms with Gasteiger partial charge in [0.15, 0.2) is 8.07 Å². The van der Waals surface area contributed by atoms with E-state index in [1.54, 1.807) is 0 Å². The normalized spacial score (nSPS) is 12.1. The first-order valence-corrected chi connectivity index (χ1v) is 24.8. The molecule has 0 unspecified atom stereocenters. The monoisotopic (exact) mass is 848 g/mol. The molecule has 3 heterocycles. The maximum atomic E-state index is 2.53. The van der Waals surface area contributed by atoms with Crippen molar-refractivity contribution >= 4 is 104 Å². The van der Waals surface area contributed by atoms with Crippen molar-refractivity contribution in [3.63, 3.8) is 0 Å². The van der Waals surface area contributed by atoms with Crippen molar-refractivity contribution in [1.29, 1.82) is 0 Å². The zero-order valence-corrected chi connectivity index (χ0v) is 36.7. The van der Waals surface area contributed by atoms with E-state index in [9.17, 15) is 0 Å². The third-order valence-corrected chi connectivity index (χ3v) is 19.4. The average Bonchev–Trinajstić information content (AvgIpc) is 4.03. The zero-order chi connectivity index (χ0) is 42.2. The highest BCUT2D eigenvalue weighted by molar-refractivity contribution is 7.26. The van der Waals surface area contributed by atoms with Crippen molar-refractivity contribution in [3.05, 3.63) is 243 Å². The lowest BCUT2D eigenvalue weighted by Gasteiger charge is -2.34. The molecule has 0 bridgehead atoms. The van der Waals surface area contributed by atoms with Crippen molar-refractivity contribution < 1.29 is 0 Å². The predicted octanol–water partition coefficient (Wildman–Crippen LogP) is 13.3. The lowest BCUT2D eigenvalue weighted by atomic mass is 9.99. The predicted molar refractivity (Wildman–Crippen MR) is 277 cm³/mol. The number of fused-ring (bicyclic) bond motifs is 9. The second-order valence-corrected chi connectivity index (χ2v) is 21.7. The third kappa shape index (κ3) is 5.43. The van der Waals surface area contributed by atoms with Gasteiger partial charge in [0.05, 0.1) is 27.8 Å². The van der Waals surface area contributed by atoms with Gasteiger partial charge in [-0.05, 0) is 80.9 Å². The first-order chi connectivity index (χ1) is 31.8. The highest BCUT2D eigenvalue weighted by atomic mass is 32.1. The highest BCUT2D eigenvalue weighted by Gasteiger charge is 2.41. The Bertz CT molecular complexity index is 3800. The number of nitrogens with zero attached hydrogens (tertiary/aromatic N) is 2. The molecule has 0 radical (unpaired) electrons. The van der Waals surface area contributed by atoms with Gasteiger partial charge in [0.2, 0.25) is 0 Å². The molecule has 0 saturated heterocycles. The summed E-state index contributed by atoms with van der Waals surface area (Å²) in [7, 11) is -2.75. The summed E-state index contributed by atoms with van der Waals surface area (Å²) in [6, 6.07) is 90.4. The van der Waals surface area contributed by atoms with Gasteiger partial charge in [-0.2, -0.15) is 0 Å². The largest absolute Gasteiger partial charge is 0.309 e. The molecule has 0 aliphatic heterocycles. The molecule has 300 valence electrons. The summed E-state index contributed by atoms with van der Waals surface area (Å²) in [5.41, 5.74) is 9.62. The molecule has 13 aromatic rings. The van der Waals surface area contributed by atoms with Gasteiger partial charge in [0, 0.05) is 53.0 Å². The summed E-state index contributed by atoms with van der Waals surface area (Å²) in [6.45, 7) is 0.